The first-order valence-electron chi connectivity index (χ1n) is 13.3. The Kier molecular flexibility index (Phi) is 10.4. The standard InChI is InChI=1S/C28H45NO2/c1-3-5-6-8-22-9-14-24(15-10-22)25-16-11-23(12-17-25)13-18-26-19-20-27(21-29-26)31-28(30)7-4-2/h19-25H,3-18H2,1-2H3. The molecule has 1 aromatic rings. The van der Waals surface area contributed by atoms with Crippen molar-refractivity contribution in [3.8, 4) is 5.75 Å². The molecule has 2 saturated carbocycles. The van der Waals surface area contributed by atoms with Gasteiger partial charge in [0.15, 0.2) is 0 Å². The Balaban J connectivity index is 1.31. The number of aromatic nitrogens is 1. The minimum absolute atomic E-state index is 0.168. The Morgan fingerprint density at radius 2 is 1.52 bits per heavy atom. The van der Waals surface area contributed by atoms with Crippen LogP contribution in [0, 0.1) is 23.7 Å². The zero-order chi connectivity index (χ0) is 21.9. The maximum Gasteiger partial charge on any atom is 0.311 e. The number of carbonyl (C=O) groups excluding carboxylic acids is 1. The Hall–Kier alpha value is -1.38. The van der Waals surface area contributed by atoms with Crippen LogP contribution in [0.2, 0.25) is 0 Å². The number of pyridine rings is 1. The van der Waals surface area contributed by atoms with Crippen LogP contribution in [0.1, 0.15) is 116 Å². The van der Waals surface area contributed by atoms with Crippen molar-refractivity contribution in [2.75, 3.05) is 0 Å². The predicted molar refractivity (Wildman–Crippen MR) is 128 cm³/mol. The maximum absolute atomic E-state index is 11.6. The fourth-order valence-corrected chi connectivity index (χ4v) is 5.94. The molecule has 31 heavy (non-hydrogen) atoms. The van der Waals surface area contributed by atoms with Gasteiger partial charge in [0.1, 0.15) is 5.75 Å². The number of nitrogens with zero attached hydrogens (tertiary/aromatic N) is 1. The topological polar surface area (TPSA) is 39.2 Å². The molecule has 0 unspecified atom stereocenters. The molecule has 2 fully saturated rings. The van der Waals surface area contributed by atoms with Crippen molar-refractivity contribution in [2.45, 2.75) is 117 Å². The summed E-state index contributed by atoms with van der Waals surface area (Å²) in [6.45, 7) is 4.29. The molecule has 3 rings (SSSR count). The van der Waals surface area contributed by atoms with Gasteiger partial charge in [-0.15, -0.1) is 0 Å². The van der Waals surface area contributed by atoms with Gasteiger partial charge in [0.2, 0.25) is 0 Å². The summed E-state index contributed by atoms with van der Waals surface area (Å²) in [5.74, 6) is 4.33. The van der Waals surface area contributed by atoms with Crippen LogP contribution in [0.3, 0.4) is 0 Å². The average Bonchev–Trinajstić information content (AvgIpc) is 2.80. The second kappa shape index (κ2) is 13.2. The summed E-state index contributed by atoms with van der Waals surface area (Å²) in [5.41, 5.74) is 1.12. The van der Waals surface area contributed by atoms with Gasteiger partial charge in [-0.05, 0) is 80.8 Å². The number of carbonyl (C=O) groups is 1. The van der Waals surface area contributed by atoms with Crippen molar-refractivity contribution in [2.24, 2.45) is 23.7 Å². The van der Waals surface area contributed by atoms with Crippen molar-refractivity contribution in [3.05, 3.63) is 24.0 Å². The van der Waals surface area contributed by atoms with Gasteiger partial charge in [0, 0.05) is 12.1 Å². The molecule has 2 aliphatic carbocycles. The van der Waals surface area contributed by atoms with Gasteiger partial charge in [-0.2, -0.15) is 0 Å². The first-order chi connectivity index (χ1) is 15.2. The number of unbranched alkanes of at least 4 members (excludes halogenated alkanes) is 2. The lowest BCUT2D eigenvalue weighted by Crippen LogP contribution is -2.26. The smallest absolute Gasteiger partial charge is 0.311 e. The van der Waals surface area contributed by atoms with E-state index < -0.39 is 0 Å². The van der Waals surface area contributed by atoms with Gasteiger partial charge in [-0.1, -0.05) is 65.2 Å². The largest absolute Gasteiger partial charge is 0.425 e. The number of rotatable bonds is 11. The summed E-state index contributed by atoms with van der Waals surface area (Å²) in [7, 11) is 0. The molecule has 0 radical (unpaired) electrons. The normalized spacial score (nSPS) is 26.5. The van der Waals surface area contributed by atoms with Crippen molar-refractivity contribution in [1.29, 1.82) is 0 Å². The zero-order valence-electron chi connectivity index (χ0n) is 20.1. The molecule has 0 aliphatic heterocycles. The highest BCUT2D eigenvalue weighted by Gasteiger charge is 2.30. The summed E-state index contributed by atoms with van der Waals surface area (Å²) in [6.07, 6.45) is 22.7. The Morgan fingerprint density at radius 1 is 0.871 bits per heavy atom. The molecule has 0 amide bonds. The molecule has 1 heterocycles. The highest BCUT2D eigenvalue weighted by Crippen LogP contribution is 2.43. The highest BCUT2D eigenvalue weighted by molar-refractivity contribution is 5.72. The van der Waals surface area contributed by atoms with Gasteiger partial charge in [0.25, 0.3) is 0 Å². The molecule has 0 spiro atoms. The fraction of sp³-hybridized carbons (Fsp3) is 0.786. The van der Waals surface area contributed by atoms with E-state index in [-0.39, 0.29) is 5.97 Å². The second-order valence-corrected chi connectivity index (χ2v) is 10.3. The van der Waals surface area contributed by atoms with E-state index in [2.05, 4.69) is 11.9 Å². The van der Waals surface area contributed by atoms with Crippen molar-refractivity contribution >= 4 is 5.97 Å². The third kappa shape index (κ3) is 8.24. The molecule has 0 aromatic carbocycles. The van der Waals surface area contributed by atoms with Crippen LogP contribution in [0.25, 0.3) is 0 Å². The van der Waals surface area contributed by atoms with Gasteiger partial charge < -0.3 is 4.74 Å². The Morgan fingerprint density at radius 3 is 2.06 bits per heavy atom. The first-order valence-corrected chi connectivity index (χ1v) is 13.3. The van der Waals surface area contributed by atoms with E-state index in [4.69, 9.17) is 4.74 Å². The molecule has 174 valence electrons. The minimum atomic E-state index is -0.168. The van der Waals surface area contributed by atoms with Crippen LogP contribution in [-0.2, 0) is 11.2 Å². The van der Waals surface area contributed by atoms with Gasteiger partial charge in [-0.3, -0.25) is 9.78 Å². The van der Waals surface area contributed by atoms with Gasteiger partial charge in [0.05, 0.1) is 6.20 Å². The molecule has 0 N–H and O–H groups in total. The zero-order valence-corrected chi connectivity index (χ0v) is 20.1. The monoisotopic (exact) mass is 427 g/mol. The summed E-state index contributed by atoms with van der Waals surface area (Å²) in [4.78, 5) is 16.1. The number of aryl methyl sites for hydroxylation is 1. The minimum Gasteiger partial charge on any atom is -0.425 e. The van der Waals surface area contributed by atoms with Gasteiger partial charge >= 0.3 is 5.97 Å². The van der Waals surface area contributed by atoms with Crippen molar-refractivity contribution < 1.29 is 9.53 Å². The van der Waals surface area contributed by atoms with E-state index in [0.29, 0.717) is 12.2 Å². The van der Waals surface area contributed by atoms with Crippen LogP contribution in [0.4, 0.5) is 0 Å². The van der Waals surface area contributed by atoms with E-state index in [1.54, 1.807) is 6.20 Å². The van der Waals surface area contributed by atoms with E-state index in [0.717, 1.165) is 42.2 Å². The molecule has 3 nitrogen and oxygen atoms in total. The number of esters is 1. The van der Waals surface area contributed by atoms with Crippen LogP contribution in [0.15, 0.2) is 18.3 Å². The van der Waals surface area contributed by atoms with E-state index in [1.807, 2.05) is 19.1 Å². The maximum atomic E-state index is 11.6. The lowest BCUT2D eigenvalue weighted by Gasteiger charge is -2.38. The first kappa shape index (κ1) is 24.3. The van der Waals surface area contributed by atoms with Crippen molar-refractivity contribution in [1.82, 2.24) is 4.98 Å². The highest BCUT2D eigenvalue weighted by atomic mass is 16.5. The fourth-order valence-electron chi connectivity index (χ4n) is 5.94. The summed E-state index contributed by atoms with van der Waals surface area (Å²) < 4.78 is 5.30. The molecular formula is C28H45NO2. The van der Waals surface area contributed by atoms with Crippen LogP contribution < -0.4 is 4.74 Å². The molecule has 3 heteroatoms. The number of hydrogen-bond acceptors (Lipinski definition) is 3. The molecule has 0 bridgehead atoms. The quantitative estimate of drug-likeness (QED) is 0.266. The second-order valence-electron chi connectivity index (χ2n) is 10.3. The van der Waals surface area contributed by atoms with Crippen LogP contribution in [0.5, 0.6) is 5.75 Å². The van der Waals surface area contributed by atoms with Crippen LogP contribution >= 0.6 is 0 Å². The molecule has 0 saturated heterocycles. The third-order valence-electron chi connectivity index (χ3n) is 7.96. The van der Waals surface area contributed by atoms with Crippen molar-refractivity contribution in [3.63, 3.8) is 0 Å². The number of hydrogen-bond donors (Lipinski definition) is 0. The van der Waals surface area contributed by atoms with Crippen LogP contribution in [-0.4, -0.2) is 11.0 Å². The van der Waals surface area contributed by atoms with E-state index in [1.165, 1.54) is 83.5 Å². The summed E-state index contributed by atoms with van der Waals surface area (Å²) in [6, 6.07) is 3.92. The molecule has 0 atom stereocenters. The Labute approximate surface area is 190 Å². The molecular weight excluding hydrogens is 382 g/mol. The predicted octanol–water partition coefficient (Wildman–Crippen LogP) is 7.91. The Bertz CT molecular complexity index is 625. The molecule has 2 aliphatic rings. The molecule has 1 aromatic heterocycles. The average molecular weight is 428 g/mol. The van der Waals surface area contributed by atoms with E-state index >= 15 is 0 Å². The van der Waals surface area contributed by atoms with Gasteiger partial charge in [-0.25, -0.2) is 0 Å². The summed E-state index contributed by atoms with van der Waals surface area (Å²) in [5, 5.41) is 0. The summed E-state index contributed by atoms with van der Waals surface area (Å²) >= 11 is 0. The number of ether oxygens (including phenoxy) is 1. The SMILES string of the molecule is CCCCCC1CCC(C2CCC(CCc3ccc(OC(=O)CCC)cn3)CC2)CC1. The lowest BCUT2D eigenvalue weighted by molar-refractivity contribution is -0.134. The van der Waals surface area contributed by atoms with E-state index in [9.17, 15) is 4.79 Å². The third-order valence-corrected chi connectivity index (χ3v) is 7.96. The lowest BCUT2D eigenvalue weighted by atomic mass is 9.68.